The molecule has 4 N–H and O–H groups in total. The number of thioether (sulfide) groups is 1. The summed E-state index contributed by atoms with van der Waals surface area (Å²) in [6, 6.07) is 6.20. The maximum atomic E-state index is 11.5. The minimum Gasteiger partial charge on any atom is -0.370 e. The standard InChI is InChI=1S/C14H21N3OS/c1-14(13(16)18)6-7-17(9-14)11-4-3-5-12(19-2)10(11)8-15/h3-5H,6-9,15H2,1-2H3,(H2,16,18). The van der Waals surface area contributed by atoms with E-state index >= 15 is 0 Å². The monoisotopic (exact) mass is 279 g/mol. The van der Waals surface area contributed by atoms with Gasteiger partial charge < -0.3 is 16.4 Å². The van der Waals surface area contributed by atoms with Crippen LogP contribution in [0.2, 0.25) is 0 Å². The van der Waals surface area contributed by atoms with E-state index in [0.717, 1.165) is 24.2 Å². The number of hydrogen-bond donors (Lipinski definition) is 2. The lowest BCUT2D eigenvalue weighted by Crippen LogP contribution is -2.37. The first-order chi connectivity index (χ1) is 9.01. The Hall–Kier alpha value is -1.20. The SMILES string of the molecule is CSc1cccc(N2CCC(C)(C(N)=O)C2)c1CN. The van der Waals surface area contributed by atoms with Gasteiger partial charge in [-0.15, -0.1) is 11.8 Å². The second-order valence-electron chi connectivity index (χ2n) is 5.26. The summed E-state index contributed by atoms with van der Waals surface area (Å²) in [6.07, 6.45) is 2.85. The van der Waals surface area contributed by atoms with Crippen molar-refractivity contribution >= 4 is 23.4 Å². The number of anilines is 1. The highest BCUT2D eigenvalue weighted by atomic mass is 32.2. The molecule has 0 aliphatic carbocycles. The number of benzene rings is 1. The number of primary amides is 1. The van der Waals surface area contributed by atoms with Gasteiger partial charge in [-0.05, 0) is 31.7 Å². The van der Waals surface area contributed by atoms with Gasteiger partial charge in [-0.3, -0.25) is 4.79 Å². The molecule has 0 saturated carbocycles. The predicted octanol–water partition coefficient (Wildman–Crippen LogP) is 1.57. The summed E-state index contributed by atoms with van der Waals surface area (Å²) in [6.45, 7) is 3.98. The third kappa shape index (κ3) is 2.58. The molecule has 1 aliphatic rings. The van der Waals surface area contributed by atoms with Crippen LogP contribution < -0.4 is 16.4 Å². The highest BCUT2D eigenvalue weighted by Gasteiger charge is 2.39. The van der Waals surface area contributed by atoms with Crippen LogP contribution in [0.3, 0.4) is 0 Å². The first-order valence-corrected chi connectivity index (χ1v) is 7.65. The molecule has 1 aliphatic heterocycles. The summed E-state index contributed by atoms with van der Waals surface area (Å²) in [4.78, 5) is 15.0. The van der Waals surface area contributed by atoms with E-state index in [0.29, 0.717) is 13.1 Å². The van der Waals surface area contributed by atoms with Crippen molar-refractivity contribution in [2.45, 2.75) is 24.8 Å². The average Bonchev–Trinajstić information content (AvgIpc) is 2.81. The second-order valence-corrected chi connectivity index (χ2v) is 6.11. The first kappa shape index (κ1) is 14.2. The Morgan fingerprint density at radius 3 is 2.79 bits per heavy atom. The molecule has 0 bridgehead atoms. The molecular formula is C14H21N3OS. The topological polar surface area (TPSA) is 72.3 Å². The van der Waals surface area contributed by atoms with Gasteiger partial charge in [0.05, 0.1) is 5.41 Å². The molecule has 0 aromatic heterocycles. The molecule has 104 valence electrons. The zero-order valence-electron chi connectivity index (χ0n) is 11.5. The van der Waals surface area contributed by atoms with Crippen LogP contribution in [-0.4, -0.2) is 25.3 Å². The summed E-state index contributed by atoms with van der Waals surface area (Å²) in [5.41, 5.74) is 13.3. The van der Waals surface area contributed by atoms with Crippen molar-refractivity contribution in [1.29, 1.82) is 0 Å². The van der Waals surface area contributed by atoms with Gasteiger partial charge in [0.2, 0.25) is 5.91 Å². The first-order valence-electron chi connectivity index (χ1n) is 6.42. The maximum absolute atomic E-state index is 11.5. The molecule has 2 rings (SSSR count). The van der Waals surface area contributed by atoms with Gasteiger partial charge in [0.25, 0.3) is 0 Å². The third-order valence-corrected chi connectivity index (χ3v) is 4.76. The Labute approximate surface area is 118 Å². The van der Waals surface area contributed by atoms with E-state index < -0.39 is 5.41 Å². The molecule has 1 atom stereocenters. The van der Waals surface area contributed by atoms with Gasteiger partial charge in [-0.2, -0.15) is 0 Å². The van der Waals surface area contributed by atoms with Crippen molar-refractivity contribution in [1.82, 2.24) is 0 Å². The fraction of sp³-hybridized carbons (Fsp3) is 0.500. The van der Waals surface area contributed by atoms with E-state index in [1.165, 1.54) is 4.90 Å². The van der Waals surface area contributed by atoms with Gasteiger partial charge in [-0.1, -0.05) is 6.07 Å². The second kappa shape index (κ2) is 5.43. The lowest BCUT2D eigenvalue weighted by atomic mass is 9.89. The van der Waals surface area contributed by atoms with E-state index in [1.807, 2.05) is 13.0 Å². The molecule has 1 heterocycles. The lowest BCUT2D eigenvalue weighted by molar-refractivity contribution is -0.125. The molecule has 1 fully saturated rings. The Balaban J connectivity index is 2.32. The molecule has 0 spiro atoms. The molecule has 1 amide bonds. The zero-order valence-corrected chi connectivity index (χ0v) is 12.3. The van der Waals surface area contributed by atoms with Crippen molar-refractivity contribution in [2.24, 2.45) is 16.9 Å². The Bertz CT molecular complexity index is 492. The van der Waals surface area contributed by atoms with Gasteiger partial charge in [-0.25, -0.2) is 0 Å². The fourth-order valence-electron chi connectivity index (χ4n) is 2.61. The van der Waals surface area contributed by atoms with Crippen LogP contribution in [0.5, 0.6) is 0 Å². The van der Waals surface area contributed by atoms with Gasteiger partial charge in [0.1, 0.15) is 0 Å². The van der Waals surface area contributed by atoms with Crippen LogP contribution in [0.15, 0.2) is 23.1 Å². The molecular weight excluding hydrogens is 258 g/mol. The van der Waals surface area contributed by atoms with Crippen molar-refractivity contribution in [3.8, 4) is 0 Å². The molecule has 0 radical (unpaired) electrons. The maximum Gasteiger partial charge on any atom is 0.225 e. The zero-order chi connectivity index (χ0) is 14.0. The predicted molar refractivity (Wildman–Crippen MR) is 80.2 cm³/mol. The lowest BCUT2D eigenvalue weighted by Gasteiger charge is -2.25. The molecule has 19 heavy (non-hydrogen) atoms. The molecule has 1 unspecified atom stereocenters. The van der Waals surface area contributed by atoms with Crippen molar-refractivity contribution < 1.29 is 4.79 Å². The third-order valence-electron chi connectivity index (χ3n) is 3.94. The summed E-state index contributed by atoms with van der Waals surface area (Å²) >= 11 is 1.70. The average molecular weight is 279 g/mol. The number of nitrogens with two attached hydrogens (primary N) is 2. The summed E-state index contributed by atoms with van der Waals surface area (Å²) in [7, 11) is 0. The highest BCUT2D eigenvalue weighted by Crippen LogP contribution is 2.36. The number of rotatable bonds is 4. The van der Waals surface area contributed by atoms with Crippen molar-refractivity contribution in [3.05, 3.63) is 23.8 Å². The molecule has 1 aromatic rings. The Kier molecular flexibility index (Phi) is 4.06. The van der Waals surface area contributed by atoms with E-state index in [-0.39, 0.29) is 5.91 Å². The van der Waals surface area contributed by atoms with Crippen LogP contribution in [0, 0.1) is 5.41 Å². The number of carbonyl (C=O) groups excluding carboxylic acids is 1. The quantitative estimate of drug-likeness (QED) is 0.821. The smallest absolute Gasteiger partial charge is 0.225 e. The summed E-state index contributed by atoms with van der Waals surface area (Å²) in [5, 5.41) is 0. The summed E-state index contributed by atoms with van der Waals surface area (Å²) in [5.74, 6) is -0.217. The van der Waals surface area contributed by atoms with E-state index in [1.54, 1.807) is 11.8 Å². The number of amides is 1. The van der Waals surface area contributed by atoms with Crippen molar-refractivity contribution in [3.63, 3.8) is 0 Å². The normalized spacial score (nSPS) is 22.8. The molecule has 5 heteroatoms. The van der Waals surface area contributed by atoms with Gasteiger partial charge in [0.15, 0.2) is 0 Å². The van der Waals surface area contributed by atoms with Crippen LogP contribution >= 0.6 is 11.8 Å². The van der Waals surface area contributed by atoms with E-state index in [9.17, 15) is 4.79 Å². The van der Waals surface area contributed by atoms with Gasteiger partial charge >= 0.3 is 0 Å². The Morgan fingerprint density at radius 2 is 2.26 bits per heavy atom. The number of carbonyl (C=O) groups is 1. The van der Waals surface area contributed by atoms with Crippen LogP contribution in [0.1, 0.15) is 18.9 Å². The van der Waals surface area contributed by atoms with Crippen LogP contribution in [-0.2, 0) is 11.3 Å². The molecule has 1 saturated heterocycles. The number of nitrogens with zero attached hydrogens (tertiary/aromatic N) is 1. The molecule has 4 nitrogen and oxygen atoms in total. The highest BCUT2D eigenvalue weighted by molar-refractivity contribution is 7.98. The minimum atomic E-state index is -0.429. The minimum absolute atomic E-state index is 0.217. The van der Waals surface area contributed by atoms with Crippen LogP contribution in [0.4, 0.5) is 5.69 Å². The number of hydrogen-bond acceptors (Lipinski definition) is 4. The van der Waals surface area contributed by atoms with E-state index in [2.05, 4.69) is 23.3 Å². The van der Waals surface area contributed by atoms with E-state index in [4.69, 9.17) is 11.5 Å². The molecule has 1 aromatic carbocycles. The Morgan fingerprint density at radius 1 is 1.53 bits per heavy atom. The van der Waals surface area contributed by atoms with Crippen LogP contribution in [0.25, 0.3) is 0 Å². The van der Waals surface area contributed by atoms with Crippen molar-refractivity contribution in [2.75, 3.05) is 24.2 Å². The van der Waals surface area contributed by atoms with Gasteiger partial charge in [0, 0.05) is 35.8 Å². The summed E-state index contributed by atoms with van der Waals surface area (Å²) < 4.78 is 0. The largest absolute Gasteiger partial charge is 0.370 e. The fourth-order valence-corrected chi connectivity index (χ4v) is 3.26.